The lowest BCUT2D eigenvalue weighted by Crippen LogP contribution is -2.38. The summed E-state index contributed by atoms with van der Waals surface area (Å²) in [6.07, 6.45) is 4.40. The van der Waals surface area contributed by atoms with Crippen LogP contribution in [0.15, 0.2) is 10.5 Å². The van der Waals surface area contributed by atoms with Gasteiger partial charge >= 0.3 is 5.97 Å². The maximum atomic E-state index is 12.1. The van der Waals surface area contributed by atoms with Crippen molar-refractivity contribution >= 4 is 21.9 Å². The minimum absolute atomic E-state index is 0.0476. The minimum Gasteiger partial charge on any atom is -0.506 e. The fourth-order valence-electron chi connectivity index (χ4n) is 3.44. The summed E-state index contributed by atoms with van der Waals surface area (Å²) in [6, 6.07) is 1.65. The minimum atomic E-state index is -1.11. The first kappa shape index (κ1) is 15.5. The highest BCUT2D eigenvalue weighted by Gasteiger charge is 2.47. The second kappa shape index (κ2) is 5.99. The molecule has 1 aliphatic carbocycles. The lowest BCUT2D eigenvalue weighted by atomic mass is 9.68. The molecule has 0 atom stereocenters. The molecule has 1 fully saturated rings. The number of phenols is 1. The fourth-order valence-corrected chi connectivity index (χ4v) is 3.84. The monoisotopic (exact) mass is 370 g/mol. The molecule has 1 aromatic rings. The molecule has 1 heterocycles. The van der Waals surface area contributed by atoms with Gasteiger partial charge in [-0.15, -0.1) is 0 Å². The van der Waals surface area contributed by atoms with Crippen LogP contribution in [0, 0.1) is 0 Å². The molecule has 0 bridgehead atoms. The van der Waals surface area contributed by atoms with Crippen LogP contribution in [-0.2, 0) is 10.2 Å². The fraction of sp³-hybridized carbons (Fsp3) is 0.562. The van der Waals surface area contributed by atoms with Gasteiger partial charge in [0.25, 0.3) is 0 Å². The number of hydrogen-bond donors (Lipinski definition) is 2. The number of ether oxygens (including phenoxy) is 2. The summed E-state index contributed by atoms with van der Waals surface area (Å²) in [4.78, 5) is 12.1. The number of benzene rings is 1. The Morgan fingerprint density at radius 3 is 2.50 bits per heavy atom. The number of carboxylic acid groups (broad SMARTS) is 1. The summed E-state index contributed by atoms with van der Waals surface area (Å²) in [5, 5.41) is 20.5. The molecule has 5 nitrogen and oxygen atoms in total. The van der Waals surface area contributed by atoms with Crippen LogP contribution < -0.4 is 9.47 Å². The van der Waals surface area contributed by atoms with E-state index in [2.05, 4.69) is 15.9 Å². The van der Waals surface area contributed by atoms with Crippen molar-refractivity contribution < 1.29 is 24.5 Å². The maximum absolute atomic E-state index is 12.1. The average molecular weight is 371 g/mol. The quantitative estimate of drug-likeness (QED) is 0.831. The predicted octanol–water partition coefficient (Wildman–Crippen LogP) is 3.60. The number of fused-ring (bicyclic) bond motifs is 1. The number of carbonyl (C=O) groups is 1. The van der Waals surface area contributed by atoms with E-state index >= 15 is 0 Å². The van der Waals surface area contributed by atoms with E-state index in [4.69, 9.17) is 9.47 Å². The van der Waals surface area contributed by atoms with Crippen molar-refractivity contribution in [3.63, 3.8) is 0 Å². The first-order valence-corrected chi connectivity index (χ1v) is 8.40. The standard InChI is InChI=1S/C16H19BrO5/c17-10-9-11-14(22-8-4-7-21-11)12(13(10)18)16(15(19)20)5-2-1-3-6-16/h9,18H,1-8H2,(H,19,20). The number of aromatic hydroxyl groups is 1. The molecule has 1 saturated carbocycles. The summed E-state index contributed by atoms with van der Waals surface area (Å²) >= 11 is 3.31. The van der Waals surface area contributed by atoms with Crippen LogP contribution in [0.25, 0.3) is 0 Å². The lowest BCUT2D eigenvalue weighted by Gasteiger charge is -2.35. The van der Waals surface area contributed by atoms with E-state index in [0.717, 1.165) is 25.7 Å². The first-order valence-electron chi connectivity index (χ1n) is 7.61. The van der Waals surface area contributed by atoms with Gasteiger partial charge in [0.1, 0.15) is 11.2 Å². The molecular formula is C16H19BrO5. The van der Waals surface area contributed by atoms with Gasteiger partial charge in [-0.1, -0.05) is 19.3 Å². The molecule has 6 heteroatoms. The third-order valence-electron chi connectivity index (χ3n) is 4.56. The molecule has 1 aromatic carbocycles. The Hall–Kier alpha value is -1.43. The van der Waals surface area contributed by atoms with Crippen LogP contribution in [0.1, 0.15) is 44.1 Å². The van der Waals surface area contributed by atoms with Crippen LogP contribution in [-0.4, -0.2) is 29.4 Å². The van der Waals surface area contributed by atoms with Crippen LogP contribution in [0.5, 0.6) is 17.2 Å². The molecule has 120 valence electrons. The Bertz CT molecular complexity index is 593. The smallest absolute Gasteiger partial charge is 0.314 e. The van der Waals surface area contributed by atoms with Gasteiger partial charge in [0, 0.05) is 12.5 Å². The first-order chi connectivity index (χ1) is 10.6. The average Bonchev–Trinajstić information content (AvgIpc) is 2.74. The van der Waals surface area contributed by atoms with Gasteiger partial charge in [-0.25, -0.2) is 0 Å². The predicted molar refractivity (Wildman–Crippen MR) is 83.8 cm³/mol. The molecule has 0 radical (unpaired) electrons. The zero-order chi connectivity index (χ0) is 15.7. The van der Waals surface area contributed by atoms with E-state index in [0.29, 0.717) is 47.6 Å². The Balaban J connectivity index is 2.23. The van der Waals surface area contributed by atoms with Crippen molar-refractivity contribution in [3.8, 4) is 17.2 Å². The summed E-state index contributed by atoms with van der Waals surface area (Å²) in [6.45, 7) is 0.973. The Labute approximate surface area is 137 Å². The van der Waals surface area contributed by atoms with Crippen molar-refractivity contribution in [1.29, 1.82) is 0 Å². The van der Waals surface area contributed by atoms with Gasteiger partial charge in [0.15, 0.2) is 11.5 Å². The number of carboxylic acids is 1. The van der Waals surface area contributed by atoms with Crippen LogP contribution in [0.2, 0.25) is 0 Å². The zero-order valence-corrected chi connectivity index (χ0v) is 13.8. The third-order valence-corrected chi connectivity index (χ3v) is 5.16. The van der Waals surface area contributed by atoms with Crippen molar-refractivity contribution in [1.82, 2.24) is 0 Å². The molecule has 0 amide bonds. The van der Waals surface area contributed by atoms with Gasteiger partial charge in [-0.2, -0.15) is 0 Å². The van der Waals surface area contributed by atoms with E-state index < -0.39 is 11.4 Å². The van der Waals surface area contributed by atoms with Gasteiger partial charge in [0.05, 0.1) is 23.2 Å². The normalized spacial score (nSPS) is 20.2. The molecule has 0 aromatic heterocycles. The van der Waals surface area contributed by atoms with E-state index in [1.165, 1.54) is 0 Å². The molecule has 2 aliphatic rings. The SMILES string of the molecule is O=C(O)C1(c2c(O)c(Br)cc3c2OCCCO3)CCCCC1. The van der Waals surface area contributed by atoms with Gasteiger partial charge in [0.2, 0.25) is 0 Å². The molecular weight excluding hydrogens is 352 g/mol. The largest absolute Gasteiger partial charge is 0.506 e. The maximum Gasteiger partial charge on any atom is 0.314 e. The second-order valence-corrected chi connectivity index (χ2v) is 6.76. The molecule has 2 N–H and O–H groups in total. The molecule has 0 unspecified atom stereocenters. The van der Waals surface area contributed by atoms with Crippen LogP contribution >= 0.6 is 15.9 Å². The Morgan fingerprint density at radius 2 is 1.82 bits per heavy atom. The highest BCUT2D eigenvalue weighted by Crippen LogP contribution is 2.53. The molecule has 0 saturated heterocycles. The topological polar surface area (TPSA) is 76.0 Å². The summed E-state index contributed by atoms with van der Waals surface area (Å²) in [5.41, 5.74) is -0.741. The van der Waals surface area contributed by atoms with Gasteiger partial charge in [-0.05, 0) is 28.8 Å². The lowest BCUT2D eigenvalue weighted by molar-refractivity contribution is -0.145. The van der Waals surface area contributed by atoms with Crippen LogP contribution in [0.4, 0.5) is 0 Å². The van der Waals surface area contributed by atoms with Crippen LogP contribution in [0.3, 0.4) is 0 Å². The van der Waals surface area contributed by atoms with E-state index in [1.807, 2.05) is 0 Å². The summed E-state index contributed by atoms with van der Waals surface area (Å²) in [5.74, 6) is -0.0601. The molecule has 3 rings (SSSR count). The highest BCUT2D eigenvalue weighted by molar-refractivity contribution is 9.10. The number of halogens is 1. The van der Waals surface area contributed by atoms with Crippen molar-refractivity contribution in [2.45, 2.75) is 43.9 Å². The third kappa shape index (κ3) is 2.43. The van der Waals surface area contributed by atoms with Gasteiger partial charge < -0.3 is 19.7 Å². The molecule has 0 spiro atoms. The van der Waals surface area contributed by atoms with E-state index in [1.54, 1.807) is 6.07 Å². The molecule has 1 aliphatic heterocycles. The number of rotatable bonds is 2. The zero-order valence-electron chi connectivity index (χ0n) is 12.2. The van der Waals surface area contributed by atoms with Crippen molar-refractivity contribution in [2.75, 3.05) is 13.2 Å². The number of phenolic OH excluding ortho intramolecular Hbond substituents is 1. The van der Waals surface area contributed by atoms with E-state index in [9.17, 15) is 15.0 Å². The number of aliphatic carboxylic acids is 1. The Morgan fingerprint density at radius 1 is 1.14 bits per heavy atom. The number of hydrogen-bond acceptors (Lipinski definition) is 4. The van der Waals surface area contributed by atoms with E-state index in [-0.39, 0.29) is 5.75 Å². The summed E-state index contributed by atoms with van der Waals surface area (Å²) < 4.78 is 11.9. The Kier molecular flexibility index (Phi) is 4.21. The van der Waals surface area contributed by atoms with Crippen molar-refractivity contribution in [3.05, 3.63) is 16.1 Å². The second-order valence-electron chi connectivity index (χ2n) is 5.91. The summed E-state index contributed by atoms with van der Waals surface area (Å²) in [7, 11) is 0. The molecule has 22 heavy (non-hydrogen) atoms. The van der Waals surface area contributed by atoms with Crippen molar-refractivity contribution in [2.24, 2.45) is 0 Å². The highest BCUT2D eigenvalue weighted by atomic mass is 79.9. The van der Waals surface area contributed by atoms with Gasteiger partial charge in [-0.3, -0.25) is 4.79 Å².